The number of anilines is 1. The molecule has 1 aliphatic rings. The Labute approximate surface area is 155 Å². The van der Waals surface area contributed by atoms with Crippen molar-refractivity contribution in [3.05, 3.63) is 29.3 Å². The van der Waals surface area contributed by atoms with Crippen molar-refractivity contribution in [3.8, 4) is 0 Å². The molecule has 1 aliphatic carbocycles. The van der Waals surface area contributed by atoms with Gasteiger partial charge in [-0.05, 0) is 43.5 Å². The molecule has 1 aromatic carbocycles. The predicted octanol–water partition coefficient (Wildman–Crippen LogP) is 3.73. The van der Waals surface area contributed by atoms with Gasteiger partial charge < -0.3 is 5.32 Å². The van der Waals surface area contributed by atoms with Crippen LogP contribution in [0, 0.1) is 0 Å². The van der Waals surface area contributed by atoms with Crippen LogP contribution in [0.5, 0.6) is 0 Å². The molecule has 7 heteroatoms. The van der Waals surface area contributed by atoms with Gasteiger partial charge in [0.05, 0.1) is 11.9 Å². The van der Waals surface area contributed by atoms with Crippen LogP contribution in [0.1, 0.15) is 51.4 Å². The zero-order valence-corrected chi connectivity index (χ0v) is 16.3. The summed E-state index contributed by atoms with van der Waals surface area (Å²) in [7, 11) is -3.40. The van der Waals surface area contributed by atoms with E-state index in [9.17, 15) is 13.2 Å². The van der Waals surface area contributed by atoms with E-state index in [4.69, 9.17) is 11.6 Å². The van der Waals surface area contributed by atoms with Crippen molar-refractivity contribution >= 4 is 33.2 Å². The fourth-order valence-corrected chi connectivity index (χ4v) is 4.29. The second-order valence-corrected chi connectivity index (χ2v) is 9.01. The van der Waals surface area contributed by atoms with E-state index in [0.717, 1.165) is 12.8 Å². The highest BCUT2D eigenvalue weighted by Crippen LogP contribution is 2.21. The number of sulfonamides is 1. The SMILES string of the molecule is CS(=O)(=O)N(CCCC(=O)NC1CCCCCC1)c1ccc(Cl)cc1. The molecule has 1 amide bonds. The minimum atomic E-state index is -3.40. The Kier molecular flexibility index (Phi) is 7.56. The molecule has 0 aliphatic heterocycles. The normalized spacial score (nSPS) is 16.2. The monoisotopic (exact) mass is 386 g/mol. The Balaban J connectivity index is 1.86. The molecule has 1 fully saturated rings. The van der Waals surface area contributed by atoms with Gasteiger partial charge in [0.25, 0.3) is 0 Å². The van der Waals surface area contributed by atoms with E-state index >= 15 is 0 Å². The van der Waals surface area contributed by atoms with Crippen molar-refractivity contribution < 1.29 is 13.2 Å². The number of hydrogen-bond donors (Lipinski definition) is 1. The summed E-state index contributed by atoms with van der Waals surface area (Å²) in [6, 6.07) is 6.95. The van der Waals surface area contributed by atoms with Gasteiger partial charge in [-0.3, -0.25) is 9.10 Å². The second-order valence-electron chi connectivity index (χ2n) is 6.67. The third-order valence-corrected chi connectivity index (χ3v) is 5.95. The van der Waals surface area contributed by atoms with Crippen LogP contribution in [0.2, 0.25) is 5.02 Å². The maximum Gasteiger partial charge on any atom is 0.232 e. The van der Waals surface area contributed by atoms with E-state index in [1.807, 2.05) is 0 Å². The molecule has 0 aromatic heterocycles. The van der Waals surface area contributed by atoms with Gasteiger partial charge in [0.15, 0.2) is 0 Å². The lowest BCUT2D eigenvalue weighted by atomic mass is 10.1. The van der Waals surface area contributed by atoms with Gasteiger partial charge >= 0.3 is 0 Å². The lowest BCUT2D eigenvalue weighted by Gasteiger charge is -2.22. The lowest BCUT2D eigenvalue weighted by molar-refractivity contribution is -0.121. The van der Waals surface area contributed by atoms with Crippen LogP contribution < -0.4 is 9.62 Å². The van der Waals surface area contributed by atoms with E-state index < -0.39 is 10.0 Å². The summed E-state index contributed by atoms with van der Waals surface area (Å²) < 4.78 is 25.4. The summed E-state index contributed by atoms with van der Waals surface area (Å²) in [6.45, 7) is 0.276. The zero-order valence-electron chi connectivity index (χ0n) is 14.7. The molecule has 0 saturated heterocycles. The van der Waals surface area contributed by atoms with Crippen LogP contribution in [0.4, 0.5) is 5.69 Å². The highest BCUT2D eigenvalue weighted by atomic mass is 35.5. The van der Waals surface area contributed by atoms with Crippen molar-refractivity contribution in [2.75, 3.05) is 17.1 Å². The third-order valence-electron chi connectivity index (χ3n) is 4.50. The Bertz CT molecular complexity index is 653. The largest absolute Gasteiger partial charge is 0.353 e. The summed E-state index contributed by atoms with van der Waals surface area (Å²) in [6.07, 6.45) is 8.91. The van der Waals surface area contributed by atoms with Crippen LogP contribution >= 0.6 is 11.6 Å². The zero-order chi connectivity index (χ0) is 18.3. The minimum Gasteiger partial charge on any atom is -0.353 e. The van der Waals surface area contributed by atoms with Crippen molar-refractivity contribution in [3.63, 3.8) is 0 Å². The highest BCUT2D eigenvalue weighted by molar-refractivity contribution is 7.92. The molecule has 0 atom stereocenters. The van der Waals surface area contributed by atoms with E-state index in [2.05, 4.69) is 5.32 Å². The highest BCUT2D eigenvalue weighted by Gasteiger charge is 2.18. The second kappa shape index (κ2) is 9.43. The molecular formula is C18H27ClN2O3S. The first-order chi connectivity index (χ1) is 11.9. The maximum absolute atomic E-state index is 12.1. The first-order valence-corrected chi connectivity index (χ1v) is 11.1. The van der Waals surface area contributed by atoms with Crippen molar-refractivity contribution in [1.82, 2.24) is 5.32 Å². The maximum atomic E-state index is 12.1. The van der Waals surface area contributed by atoms with Crippen LogP contribution in [0.25, 0.3) is 0 Å². The molecule has 5 nitrogen and oxygen atoms in total. The standard InChI is InChI=1S/C18H27ClN2O3S/c1-25(23,24)21(17-12-10-15(19)11-13-17)14-6-9-18(22)20-16-7-4-2-3-5-8-16/h10-13,16H,2-9,14H2,1H3,(H,20,22). The number of nitrogens with one attached hydrogen (secondary N) is 1. The van der Waals surface area contributed by atoms with E-state index in [0.29, 0.717) is 23.6 Å². The first kappa shape index (κ1) is 20.0. The van der Waals surface area contributed by atoms with Crippen molar-refractivity contribution in [2.45, 2.75) is 57.4 Å². The number of carbonyl (C=O) groups is 1. The summed E-state index contributed by atoms with van der Waals surface area (Å²) in [4.78, 5) is 12.1. The molecule has 0 bridgehead atoms. The summed E-state index contributed by atoms with van der Waals surface area (Å²) in [5, 5.41) is 3.65. The third kappa shape index (κ3) is 6.86. The Hall–Kier alpha value is -1.27. The molecule has 0 heterocycles. The fraction of sp³-hybridized carbons (Fsp3) is 0.611. The molecule has 0 unspecified atom stereocenters. The number of halogens is 1. The Morgan fingerprint density at radius 3 is 2.32 bits per heavy atom. The number of carbonyl (C=O) groups excluding carboxylic acids is 1. The van der Waals surface area contributed by atoms with Crippen LogP contribution in [0.15, 0.2) is 24.3 Å². The summed E-state index contributed by atoms with van der Waals surface area (Å²) >= 11 is 5.86. The predicted molar refractivity (Wildman–Crippen MR) is 103 cm³/mol. The number of nitrogens with zero attached hydrogens (tertiary/aromatic N) is 1. The molecule has 1 saturated carbocycles. The van der Waals surface area contributed by atoms with Gasteiger partial charge in [-0.25, -0.2) is 8.42 Å². The molecule has 140 valence electrons. The van der Waals surface area contributed by atoms with Crippen LogP contribution in [-0.2, 0) is 14.8 Å². The molecular weight excluding hydrogens is 360 g/mol. The summed E-state index contributed by atoms with van der Waals surface area (Å²) in [5.41, 5.74) is 0.566. The van der Waals surface area contributed by atoms with Crippen molar-refractivity contribution in [2.24, 2.45) is 0 Å². The molecule has 1 aromatic rings. The van der Waals surface area contributed by atoms with Crippen LogP contribution in [-0.4, -0.2) is 33.2 Å². The van der Waals surface area contributed by atoms with Gasteiger partial charge in [-0.2, -0.15) is 0 Å². The fourth-order valence-electron chi connectivity index (χ4n) is 3.20. The molecule has 0 spiro atoms. The van der Waals surface area contributed by atoms with Gasteiger partial charge in [0.2, 0.25) is 15.9 Å². The molecule has 0 radical (unpaired) electrons. The van der Waals surface area contributed by atoms with Gasteiger partial charge in [0, 0.05) is 24.0 Å². The topological polar surface area (TPSA) is 66.5 Å². The van der Waals surface area contributed by atoms with Gasteiger partial charge in [-0.1, -0.05) is 37.3 Å². The first-order valence-electron chi connectivity index (χ1n) is 8.89. The average Bonchev–Trinajstić information content (AvgIpc) is 2.80. The Morgan fingerprint density at radius 1 is 1.16 bits per heavy atom. The average molecular weight is 387 g/mol. The van der Waals surface area contributed by atoms with E-state index in [1.54, 1.807) is 24.3 Å². The van der Waals surface area contributed by atoms with Gasteiger partial charge in [0.1, 0.15) is 0 Å². The molecule has 2 rings (SSSR count). The minimum absolute atomic E-state index is 0.0106. The Morgan fingerprint density at radius 2 is 1.76 bits per heavy atom. The summed E-state index contributed by atoms with van der Waals surface area (Å²) in [5.74, 6) is 0.0106. The lowest BCUT2D eigenvalue weighted by Crippen LogP contribution is -2.35. The van der Waals surface area contributed by atoms with Gasteiger partial charge in [-0.15, -0.1) is 0 Å². The molecule has 25 heavy (non-hydrogen) atoms. The van der Waals surface area contributed by atoms with E-state index in [1.165, 1.54) is 36.2 Å². The molecule has 1 N–H and O–H groups in total. The quantitative estimate of drug-likeness (QED) is 0.726. The number of benzene rings is 1. The smallest absolute Gasteiger partial charge is 0.232 e. The van der Waals surface area contributed by atoms with Crippen LogP contribution in [0.3, 0.4) is 0 Å². The number of hydrogen-bond acceptors (Lipinski definition) is 3. The van der Waals surface area contributed by atoms with Crippen molar-refractivity contribution in [1.29, 1.82) is 0 Å². The number of rotatable bonds is 7. The number of amides is 1. The van der Waals surface area contributed by atoms with E-state index in [-0.39, 0.29) is 18.5 Å².